The molecule has 6 heteroatoms. The molecule has 0 aromatic heterocycles. The molecule has 1 saturated heterocycles. The molecule has 0 radical (unpaired) electrons. The third-order valence-electron chi connectivity index (χ3n) is 4.45. The van der Waals surface area contributed by atoms with Crippen LogP contribution in [0.4, 0.5) is 5.69 Å². The van der Waals surface area contributed by atoms with Crippen molar-refractivity contribution in [2.45, 2.75) is 11.3 Å². The number of carboxylic acids is 1. The summed E-state index contributed by atoms with van der Waals surface area (Å²) in [5.74, 6) is -0.359. The van der Waals surface area contributed by atoms with E-state index in [9.17, 15) is 14.7 Å². The number of ether oxygens (including phenoxy) is 1. The summed E-state index contributed by atoms with van der Waals surface area (Å²) in [5, 5.41) is 9.40. The van der Waals surface area contributed by atoms with Crippen LogP contribution in [0.1, 0.15) is 5.56 Å². The number of anilines is 1. The standard InChI is InChI=1S/C19H15NO4S/c1-24-13-9-7-12(8-10-13)20-15-14(19(22)23)16(25-17(15)18(20)21)11-5-3-2-4-6-11/h2-10,15,17H,1H3,(H,22,23)/t15-,17+/m1/s1. The van der Waals surface area contributed by atoms with Gasteiger partial charge in [0.25, 0.3) is 0 Å². The van der Waals surface area contributed by atoms with Gasteiger partial charge in [0.05, 0.1) is 18.7 Å². The SMILES string of the molecule is COc1ccc(N2C(=O)[C@H]3SC(c4ccccc4)=C(C(=O)O)[C@H]32)cc1. The van der Waals surface area contributed by atoms with Gasteiger partial charge in [-0.1, -0.05) is 30.3 Å². The lowest BCUT2D eigenvalue weighted by molar-refractivity contribution is -0.133. The number of hydrogen-bond donors (Lipinski definition) is 1. The highest BCUT2D eigenvalue weighted by Gasteiger charge is 2.57. The van der Waals surface area contributed by atoms with E-state index >= 15 is 0 Å². The van der Waals surface area contributed by atoms with E-state index in [0.717, 1.165) is 5.56 Å². The van der Waals surface area contributed by atoms with Crippen molar-refractivity contribution in [3.63, 3.8) is 0 Å². The zero-order valence-corrected chi connectivity index (χ0v) is 14.2. The van der Waals surface area contributed by atoms with Crippen LogP contribution in [0.2, 0.25) is 0 Å². The van der Waals surface area contributed by atoms with Crippen LogP contribution in [0.25, 0.3) is 4.91 Å². The normalized spacial score (nSPS) is 21.8. The highest BCUT2D eigenvalue weighted by Crippen LogP contribution is 2.52. The van der Waals surface area contributed by atoms with Crippen molar-refractivity contribution in [1.82, 2.24) is 0 Å². The molecule has 2 aromatic carbocycles. The van der Waals surface area contributed by atoms with Crippen LogP contribution in [-0.2, 0) is 9.59 Å². The van der Waals surface area contributed by atoms with Crippen molar-refractivity contribution >= 4 is 34.2 Å². The molecule has 4 rings (SSSR count). The first-order chi connectivity index (χ1) is 12.1. The number of nitrogens with zero attached hydrogens (tertiary/aromatic N) is 1. The molecule has 1 fully saturated rings. The van der Waals surface area contributed by atoms with Gasteiger partial charge in [-0.2, -0.15) is 0 Å². The molecule has 1 amide bonds. The fourth-order valence-electron chi connectivity index (χ4n) is 3.25. The van der Waals surface area contributed by atoms with Crippen LogP contribution >= 0.6 is 11.8 Å². The van der Waals surface area contributed by atoms with Gasteiger partial charge in [0, 0.05) is 10.6 Å². The molecule has 25 heavy (non-hydrogen) atoms. The van der Waals surface area contributed by atoms with Gasteiger partial charge in [0.15, 0.2) is 0 Å². The van der Waals surface area contributed by atoms with Crippen molar-refractivity contribution in [3.8, 4) is 5.75 Å². The van der Waals surface area contributed by atoms with Crippen LogP contribution < -0.4 is 9.64 Å². The molecular formula is C19H15NO4S. The molecule has 5 nitrogen and oxygen atoms in total. The molecule has 2 aromatic rings. The first kappa shape index (κ1) is 15.8. The van der Waals surface area contributed by atoms with Gasteiger partial charge in [-0.05, 0) is 29.8 Å². The summed E-state index contributed by atoms with van der Waals surface area (Å²) in [4.78, 5) is 26.8. The van der Waals surface area contributed by atoms with Crippen LogP contribution in [0.5, 0.6) is 5.75 Å². The average Bonchev–Trinajstić information content (AvgIpc) is 2.99. The van der Waals surface area contributed by atoms with Crippen molar-refractivity contribution in [2.75, 3.05) is 12.0 Å². The smallest absolute Gasteiger partial charge is 0.334 e. The van der Waals surface area contributed by atoms with Gasteiger partial charge >= 0.3 is 5.97 Å². The van der Waals surface area contributed by atoms with E-state index in [2.05, 4.69) is 0 Å². The largest absolute Gasteiger partial charge is 0.497 e. The number of carboxylic acid groups (broad SMARTS) is 1. The molecule has 2 aliphatic heterocycles. The molecule has 2 aliphatic rings. The van der Waals surface area contributed by atoms with Crippen LogP contribution in [-0.4, -0.2) is 35.4 Å². The number of amides is 1. The van der Waals surface area contributed by atoms with E-state index in [1.807, 2.05) is 30.3 Å². The maximum atomic E-state index is 12.6. The minimum Gasteiger partial charge on any atom is -0.497 e. The Kier molecular flexibility index (Phi) is 3.77. The van der Waals surface area contributed by atoms with E-state index in [1.165, 1.54) is 11.8 Å². The number of hydrogen-bond acceptors (Lipinski definition) is 4. The monoisotopic (exact) mass is 353 g/mol. The number of benzene rings is 2. The summed E-state index contributed by atoms with van der Waals surface area (Å²) in [7, 11) is 1.57. The molecule has 126 valence electrons. The Morgan fingerprint density at radius 2 is 1.80 bits per heavy atom. The van der Waals surface area contributed by atoms with Crippen LogP contribution in [0.3, 0.4) is 0 Å². The number of thioether (sulfide) groups is 1. The van der Waals surface area contributed by atoms with Crippen molar-refractivity contribution in [3.05, 3.63) is 65.7 Å². The molecule has 0 spiro atoms. The van der Waals surface area contributed by atoms with Gasteiger partial charge in [-0.15, -0.1) is 11.8 Å². The maximum absolute atomic E-state index is 12.6. The average molecular weight is 353 g/mol. The molecule has 0 unspecified atom stereocenters. The Morgan fingerprint density at radius 1 is 1.12 bits per heavy atom. The van der Waals surface area contributed by atoms with E-state index in [0.29, 0.717) is 16.3 Å². The summed E-state index contributed by atoms with van der Waals surface area (Å²) >= 11 is 1.35. The van der Waals surface area contributed by atoms with E-state index in [1.54, 1.807) is 36.3 Å². The minimum atomic E-state index is -0.982. The summed E-state index contributed by atoms with van der Waals surface area (Å²) in [5.41, 5.74) is 1.80. The second-order valence-electron chi connectivity index (χ2n) is 5.80. The number of carbonyl (C=O) groups is 2. The molecule has 0 aliphatic carbocycles. The first-order valence-corrected chi connectivity index (χ1v) is 8.66. The number of carbonyl (C=O) groups excluding carboxylic acids is 1. The van der Waals surface area contributed by atoms with Crippen molar-refractivity contribution < 1.29 is 19.4 Å². The maximum Gasteiger partial charge on any atom is 0.334 e. The van der Waals surface area contributed by atoms with Crippen molar-refractivity contribution in [2.24, 2.45) is 0 Å². The minimum absolute atomic E-state index is 0.0650. The summed E-state index contributed by atoms with van der Waals surface area (Å²) in [6.45, 7) is 0. The predicted molar refractivity (Wildman–Crippen MR) is 96.6 cm³/mol. The first-order valence-electron chi connectivity index (χ1n) is 7.78. The molecule has 0 saturated carbocycles. The Labute approximate surface area is 148 Å². The zero-order valence-electron chi connectivity index (χ0n) is 13.4. The second kappa shape index (κ2) is 5.97. The van der Waals surface area contributed by atoms with Gasteiger partial charge in [0.1, 0.15) is 11.0 Å². The lowest BCUT2D eigenvalue weighted by atomic mass is 9.91. The highest BCUT2D eigenvalue weighted by atomic mass is 32.2. The van der Waals surface area contributed by atoms with Gasteiger partial charge in [0.2, 0.25) is 5.91 Å². The third kappa shape index (κ3) is 2.41. The second-order valence-corrected chi connectivity index (χ2v) is 6.96. The summed E-state index contributed by atoms with van der Waals surface area (Å²) in [6.07, 6.45) is 0. The van der Waals surface area contributed by atoms with E-state index in [4.69, 9.17) is 4.74 Å². The topological polar surface area (TPSA) is 66.8 Å². The summed E-state index contributed by atoms with van der Waals surface area (Å²) in [6, 6.07) is 16.0. The van der Waals surface area contributed by atoms with Gasteiger partial charge in [-0.3, -0.25) is 4.79 Å². The van der Waals surface area contributed by atoms with E-state index < -0.39 is 12.0 Å². The van der Waals surface area contributed by atoms with Crippen LogP contribution in [0.15, 0.2) is 60.2 Å². The van der Waals surface area contributed by atoms with Gasteiger partial charge in [-0.25, -0.2) is 4.79 Å². The zero-order chi connectivity index (χ0) is 17.6. The Hall–Kier alpha value is -2.73. The number of aliphatic carboxylic acids is 1. The highest BCUT2D eigenvalue weighted by molar-refractivity contribution is 8.10. The summed E-state index contributed by atoms with van der Waals surface area (Å²) < 4.78 is 5.14. The Balaban J connectivity index is 1.75. The number of methoxy groups -OCH3 is 1. The fraction of sp³-hybridized carbons (Fsp3) is 0.158. The molecule has 2 heterocycles. The Bertz CT molecular complexity index is 876. The lowest BCUT2D eigenvalue weighted by Gasteiger charge is -2.43. The number of β-lactam (4-membered cyclic amide) rings is 1. The number of rotatable bonds is 4. The number of fused-ring (bicyclic) bond motifs is 1. The quantitative estimate of drug-likeness (QED) is 0.856. The van der Waals surface area contributed by atoms with Crippen molar-refractivity contribution in [1.29, 1.82) is 0 Å². The molecular weight excluding hydrogens is 338 g/mol. The molecule has 1 N–H and O–H groups in total. The molecule has 0 bridgehead atoms. The molecule has 2 atom stereocenters. The lowest BCUT2D eigenvalue weighted by Crippen LogP contribution is -2.63. The fourth-order valence-corrected chi connectivity index (χ4v) is 4.71. The van der Waals surface area contributed by atoms with Crippen LogP contribution in [0, 0.1) is 0 Å². The predicted octanol–water partition coefficient (Wildman–Crippen LogP) is 3.02. The third-order valence-corrected chi connectivity index (χ3v) is 5.85. The van der Waals surface area contributed by atoms with E-state index in [-0.39, 0.29) is 16.7 Å². The van der Waals surface area contributed by atoms with Gasteiger partial charge < -0.3 is 14.7 Å². The Morgan fingerprint density at radius 3 is 2.40 bits per heavy atom.